The first kappa shape index (κ1) is 10.4. The zero-order valence-electron chi connectivity index (χ0n) is 9.29. The van der Waals surface area contributed by atoms with Crippen LogP contribution in [0.2, 0.25) is 5.02 Å². The maximum atomic E-state index is 6.18. The monoisotopic (exact) mass is 237 g/mol. The summed E-state index contributed by atoms with van der Waals surface area (Å²) in [6.45, 7) is 2.92. The molecular weight excluding hydrogens is 222 g/mol. The first-order valence-corrected chi connectivity index (χ1v) is 6.30. The molecule has 0 bridgehead atoms. The lowest BCUT2D eigenvalue weighted by molar-refractivity contribution is -0.0948. The molecule has 3 heteroatoms. The fourth-order valence-electron chi connectivity index (χ4n) is 2.69. The van der Waals surface area contributed by atoms with Gasteiger partial charge in [-0.2, -0.15) is 0 Å². The van der Waals surface area contributed by atoms with Crippen LogP contribution < -0.4 is 4.90 Å². The lowest BCUT2D eigenvalue weighted by atomic mass is 9.86. The number of hydrogen-bond acceptors (Lipinski definition) is 2. The van der Waals surface area contributed by atoms with E-state index in [0.29, 0.717) is 0 Å². The van der Waals surface area contributed by atoms with E-state index in [0.717, 1.165) is 30.4 Å². The standard InChI is InChI=1S/C13H16ClNO/c14-11-5-1-2-6-12(11)15-9-13(10-15)7-3-4-8-16-13/h1-2,5-6H,3-4,7-10H2. The Bertz CT molecular complexity index is 379. The molecular formula is C13H16ClNO. The molecule has 0 atom stereocenters. The fraction of sp³-hybridized carbons (Fsp3) is 0.538. The molecule has 0 N–H and O–H groups in total. The van der Waals surface area contributed by atoms with E-state index in [-0.39, 0.29) is 5.60 Å². The number of para-hydroxylation sites is 1. The smallest absolute Gasteiger partial charge is 0.103 e. The van der Waals surface area contributed by atoms with Gasteiger partial charge in [-0.25, -0.2) is 0 Å². The molecule has 2 aliphatic rings. The number of ether oxygens (including phenoxy) is 1. The Labute approximate surface area is 101 Å². The summed E-state index contributed by atoms with van der Waals surface area (Å²) in [5, 5.41) is 0.841. The molecule has 16 heavy (non-hydrogen) atoms. The van der Waals surface area contributed by atoms with E-state index < -0.39 is 0 Å². The highest BCUT2D eigenvalue weighted by molar-refractivity contribution is 6.33. The van der Waals surface area contributed by atoms with Crippen LogP contribution in [-0.2, 0) is 4.74 Å². The van der Waals surface area contributed by atoms with Crippen LogP contribution in [0.4, 0.5) is 5.69 Å². The van der Waals surface area contributed by atoms with Crippen LogP contribution >= 0.6 is 11.6 Å². The van der Waals surface area contributed by atoms with Crippen LogP contribution in [0.15, 0.2) is 24.3 Å². The second kappa shape index (κ2) is 3.94. The Morgan fingerprint density at radius 3 is 2.69 bits per heavy atom. The minimum Gasteiger partial charge on any atom is -0.371 e. The van der Waals surface area contributed by atoms with Crippen LogP contribution in [0.3, 0.4) is 0 Å². The molecule has 2 aliphatic heterocycles. The van der Waals surface area contributed by atoms with Gasteiger partial charge in [-0.05, 0) is 31.4 Å². The predicted molar refractivity (Wildman–Crippen MR) is 66.2 cm³/mol. The van der Waals surface area contributed by atoms with E-state index in [1.165, 1.54) is 19.3 Å². The maximum absolute atomic E-state index is 6.18. The van der Waals surface area contributed by atoms with Crippen molar-refractivity contribution in [2.24, 2.45) is 0 Å². The zero-order chi connectivity index (χ0) is 11.0. The number of benzene rings is 1. The van der Waals surface area contributed by atoms with E-state index in [4.69, 9.17) is 16.3 Å². The third-order valence-electron chi connectivity index (χ3n) is 3.59. The van der Waals surface area contributed by atoms with Crippen LogP contribution in [0.1, 0.15) is 19.3 Å². The molecule has 2 heterocycles. The Hall–Kier alpha value is -0.730. The van der Waals surface area contributed by atoms with Crippen molar-refractivity contribution < 1.29 is 4.74 Å². The average molecular weight is 238 g/mol. The van der Waals surface area contributed by atoms with Gasteiger partial charge in [0.15, 0.2) is 0 Å². The molecule has 2 nitrogen and oxygen atoms in total. The largest absolute Gasteiger partial charge is 0.371 e. The van der Waals surface area contributed by atoms with E-state index in [1.807, 2.05) is 18.2 Å². The second-order valence-corrected chi connectivity index (χ2v) is 5.20. The van der Waals surface area contributed by atoms with Crippen LogP contribution in [0, 0.1) is 0 Å². The quantitative estimate of drug-likeness (QED) is 0.744. The second-order valence-electron chi connectivity index (χ2n) is 4.80. The molecule has 1 aromatic carbocycles. The maximum Gasteiger partial charge on any atom is 0.103 e. The molecule has 0 saturated carbocycles. The third kappa shape index (κ3) is 1.70. The van der Waals surface area contributed by atoms with Gasteiger partial charge in [0.2, 0.25) is 0 Å². The Morgan fingerprint density at radius 2 is 2.00 bits per heavy atom. The average Bonchev–Trinajstić information content (AvgIpc) is 2.28. The van der Waals surface area contributed by atoms with Gasteiger partial charge in [0.25, 0.3) is 0 Å². The van der Waals surface area contributed by atoms with Crippen molar-refractivity contribution in [2.75, 3.05) is 24.6 Å². The van der Waals surface area contributed by atoms with Crippen LogP contribution in [0.5, 0.6) is 0 Å². The highest BCUT2D eigenvalue weighted by Crippen LogP contribution is 2.39. The normalized spacial score (nSPS) is 23.2. The predicted octanol–water partition coefficient (Wildman–Crippen LogP) is 3.10. The van der Waals surface area contributed by atoms with Crippen LogP contribution in [-0.4, -0.2) is 25.3 Å². The third-order valence-corrected chi connectivity index (χ3v) is 3.91. The number of halogens is 1. The van der Waals surface area contributed by atoms with Crippen molar-refractivity contribution in [3.63, 3.8) is 0 Å². The van der Waals surface area contributed by atoms with Crippen molar-refractivity contribution in [3.8, 4) is 0 Å². The molecule has 86 valence electrons. The molecule has 0 aromatic heterocycles. The Balaban J connectivity index is 1.71. The lowest BCUT2D eigenvalue weighted by Crippen LogP contribution is -2.64. The molecule has 1 aromatic rings. The van der Waals surface area contributed by atoms with Gasteiger partial charge < -0.3 is 9.64 Å². The Morgan fingerprint density at radius 1 is 1.19 bits per heavy atom. The van der Waals surface area contributed by atoms with E-state index in [1.54, 1.807) is 0 Å². The molecule has 0 unspecified atom stereocenters. The molecule has 2 fully saturated rings. The van der Waals surface area contributed by atoms with Crippen LogP contribution in [0.25, 0.3) is 0 Å². The summed E-state index contributed by atoms with van der Waals surface area (Å²) < 4.78 is 5.91. The summed E-state index contributed by atoms with van der Waals surface area (Å²) in [6.07, 6.45) is 3.72. The molecule has 0 aliphatic carbocycles. The van der Waals surface area contributed by atoms with Gasteiger partial charge in [0.1, 0.15) is 5.60 Å². The molecule has 2 saturated heterocycles. The summed E-state index contributed by atoms with van der Waals surface area (Å²) in [6, 6.07) is 8.04. The van der Waals surface area contributed by atoms with Crippen molar-refractivity contribution in [1.29, 1.82) is 0 Å². The zero-order valence-corrected chi connectivity index (χ0v) is 10.0. The fourth-order valence-corrected chi connectivity index (χ4v) is 2.94. The van der Waals surface area contributed by atoms with Gasteiger partial charge >= 0.3 is 0 Å². The minimum absolute atomic E-state index is 0.136. The summed E-state index contributed by atoms with van der Waals surface area (Å²) >= 11 is 6.18. The summed E-state index contributed by atoms with van der Waals surface area (Å²) in [4.78, 5) is 2.31. The number of anilines is 1. The summed E-state index contributed by atoms with van der Waals surface area (Å²) in [5.74, 6) is 0. The number of hydrogen-bond donors (Lipinski definition) is 0. The van der Waals surface area contributed by atoms with Gasteiger partial charge in [0, 0.05) is 19.7 Å². The number of nitrogens with zero attached hydrogens (tertiary/aromatic N) is 1. The van der Waals surface area contributed by atoms with Crippen molar-refractivity contribution in [2.45, 2.75) is 24.9 Å². The first-order chi connectivity index (χ1) is 7.79. The van der Waals surface area contributed by atoms with E-state index in [9.17, 15) is 0 Å². The van der Waals surface area contributed by atoms with Crippen molar-refractivity contribution in [1.82, 2.24) is 0 Å². The lowest BCUT2D eigenvalue weighted by Gasteiger charge is -2.52. The highest BCUT2D eigenvalue weighted by atomic mass is 35.5. The van der Waals surface area contributed by atoms with Crippen molar-refractivity contribution >= 4 is 17.3 Å². The molecule has 1 spiro atoms. The van der Waals surface area contributed by atoms with Gasteiger partial charge in [-0.15, -0.1) is 0 Å². The first-order valence-electron chi connectivity index (χ1n) is 5.93. The summed E-state index contributed by atoms with van der Waals surface area (Å²) in [5.41, 5.74) is 1.28. The number of rotatable bonds is 1. The van der Waals surface area contributed by atoms with Gasteiger partial charge in [-0.3, -0.25) is 0 Å². The molecule has 0 radical (unpaired) electrons. The van der Waals surface area contributed by atoms with Crippen molar-refractivity contribution in [3.05, 3.63) is 29.3 Å². The van der Waals surface area contributed by atoms with E-state index in [2.05, 4.69) is 11.0 Å². The highest BCUT2D eigenvalue weighted by Gasteiger charge is 2.45. The summed E-state index contributed by atoms with van der Waals surface area (Å²) in [7, 11) is 0. The van der Waals surface area contributed by atoms with Gasteiger partial charge in [0.05, 0.1) is 10.7 Å². The molecule has 3 rings (SSSR count). The molecule has 0 amide bonds. The van der Waals surface area contributed by atoms with E-state index >= 15 is 0 Å². The van der Waals surface area contributed by atoms with Gasteiger partial charge in [-0.1, -0.05) is 23.7 Å². The minimum atomic E-state index is 0.136. The SMILES string of the molecule is Clc1ccccc1N1CC2(CCCCO2)C1. The topological polar surface area (TPSA) is 12.5 Å². The Kier molecular flexibility index (Phi) is 2.56.